The topological polar surface area (TPSA) is 309 Å². The molecule has 0 aliphatic rings. The highest BCUT2D eigenvalue weighted by atomic mass is 35.7. The van der Waals surface area contributed by atoms with Crippen LogP contribution >= 0.6 is 33.9 Å². The van der Waals surface area contributed by atoms with E-state index in [-0.39, 0.29) is 37.6 Å². The molecule has 32 heteroatoms. The van der Waals surface area contributed by atoms with Gasteiger partial charge in [-0.1, -0.05) is 68.7 Å². The number of ether oxygens (including phenoxy) is 3. The molecule has 0 atom stereocenters. The van der Waals surface area contributed by atoms with Gasteiger partial charge < -0.3 is 35.0 Å². The Bertz CT molecular complexity index is 4400. The van der Waals surface area contributed by atoms with Crippen LogP contribution in [0.2, 0.25) is 10.0 Å². The van der Waals surface area contributed by atoms with Gasteiger partial charge >= 0.3 is 11.9 Å². The molecule has 9 aromatic rings. The van der Waals surface area contributed by atoms with Crippen LogP contribution in [0.1, 0.15) is 64.3 Å². The van der Waals surface area contributed by atoms with Crippen LogP contribution < -0.4 is 15.2 Å². The van der Waals surface area contributed by atoms with E-state index in [1.807, 2.05) is 66.0 Å². The van der Waals surface area contributed by atoms with Crippen LogP contribution in [0.15, 0.2) is 128 Å². The maximum Gasteiger partial charge on any atom is 0.343 e. The van der Waals surface area contributed by atoms with Crippen molar-refractivity contribution in [2.75, 3.05) is 67.0 Å². The van der Waals surface area contributed by atoms with Crippen LogP contribution in [0.5, 0.6) is 0 Å². The molecule has 92 heavy (non-hydrogen) atoms. The lowest BCUT2D eigenvalue weighted by Gasteiger charge is -2.11. The highest BCUT2D eigenvalue weighted by Gasteiger charge is 2.27. The Balaban J connectivity index is 0.000000265. The standard InChI is InChI=1S/C23H18ClF2N3O4S.C13H9ClN2.C10H11F2NO5S.C8H7F2NO2.C5H11ClO2S.CH4/c1-33-8-9-34(31,32)29-19-7-6-18(25)20(21(19)26)22(30)17-12-28-23-16(17)10-14(11-27-23)13-2-4-15(24)5-3-13;14-12-3-1-9(2-4-12)11-7-10-5-6-15-13(10)16-8-11;1-18-4-5-19(16,17)13-7-3-2-6(11)8(9(7)12)10(14)15;1-13-8(12)6-4(9)2-3-5(11)7(6)10;1-5(2)3-4-9(6,7)8;/h2-7,10-12,29H,8-9H2,1H3,(H,27,28);1-8H,(H,15,16);2-3,13H,4-5H2,1H3,(H,14,15);2-3H,11H2,1H3;5H,3-4H2,1-2H3;1H4. The fraction of sp³-hybridized carbons (Fsp3) is 0.217. The number of carbonyl (C=O) groups is 3. The van der Waals surface area contributed by atoms with Crippen molar-refractivity contribution in [3.8, 4) is 22.3 Å². The van der Waals surface area contributed by atoms with Gasteiger partial charge in [0.15, 0.2) is 17.5 Å². The minimum atomic E-state index is -3.98. The van der Waals surface area contributed by atoms with Gasteiger partial charge in [0, 0.05) is 87.2 Å². The Labute approximate surface area is 539 Å². The van der Waals surface area contributed by atoms with E-state index in [9.17, 15) is 61.6 Å². The number of halogens is 9. The quantitative estimate of drug-likeness (QED) is 0.0144. The van der Waals surface area contributed by atoms with E-state index >= 15 is 4.39 Å². The maximum absolute atomic E-state index is 15.2. The van der Waals surface area contributed by atoms with E-state index in [2.05, 4.69) is 35.5 Å². The summed E-state index contributed by atoms with van der Waals surface area (Å²) in [6.45, 7) is 3.68. The van der Waals surface area contributed by atoms with Gasteiger partial charge in [0.25, 0.3) is 0 Å². The van der Waals surface area contributed by atoms with E-state index < -0.39 is 121 Å². The van der Waals surface area contributed by atoms with Gasteiger partial charge in [-0.25, -0.2) is 71.2 Å². The number of H-pyrrole nitrogens is 2. The summed E-state index contributed by atoms with van der Waals surface area (Å²) < 4.78 is 168. The number of pyridine rings is 2. The minimum absolute atomic E-state index is 0. The van der Waals surface area contributed by atoms with Crippen LogP contribution in [-0.2, 0) is 43.3 Å². The Morgan fingerprint density at radius 1 is 0.609 bits per heavy atom. The lowest BCUT2D eigenvalue weighted by molar-refractivity contribution is 0.0588. The fourth-order valence-corrected chi connectivity index (χ4v) is 10.8. The Kier molecular flexibility index (Phi) is 28.5. The molecule has 0 amide bonds. The number of carboxylic acid groups (broad SMARTS) is 1. The molecule has 0 aliphatic carbocycles. The van der Waals surface area contributed by atoms with Gasteiger partial charge in [-0.05, 0) is 102 Å². The molecule has 0 saturated heterocycles. The highest BCUT2D eigenvalue weighted by molar-refractivity contribution is 8.13. The van der Waals surface area contributed by atoms with E-state index in [1.165, 1.54) is 20.4 Å². The number of carbonyl (C=O) groups excluding carboxylic acids is 2. The average Bonchev–Trinajstić information content (AvgIpc) is 2.40. The van der Waals surface area contributed by atoms with Crippen molar-refractivity contribution in [3.63, 3.8) is 0 Å². The summed E-state index contributed by atoms with van der Waals surface area (Å²) in [5.74, 6) is -11.5. The molecule has 494 valence electrons. The van der Waals surface area contributed by atoms with Crippen LogP contribution in [-0.4, -0.2) is 120 Å². The number of esters is 1. The summed E-state index contributed by atoms with van der Waals surface area (Å²) >= 11 is 11.8. The van der Waals surface area contributed by atoms with E-state index in [0.717, 1.165) is 70.2 Å². The third-order valence-corrected chi connectivity index (χ3v) is 16.4. The largest absolute Gasteiger partial charge is 0.477 e. The molecule has 7 N–H and O–H groups in total. The van der Waals surface area contributed by atoms with E-state index in [0.29, 0.717) is 40.0 Å². The Hall–Kier alpha value is -8.29. The molecular formula is C60H60Cl3F6N7O13S3. The summed E-state index contributed by atoms with van der Waals surface area (Å²) in [5, 5.41) is 11.4. The number of anilines is 3. The van der Waals surface area contributed by atoms with Crippen LogP contribution in [0.25, 0.3) is 44.3 Å². The number of benzene rings is 5. The molecule has 0 spiro atoms. The molecule has 0 fully saturated rings. The molecule has 4 aromatic heterocycles. The zero-order valence-electron chi connectivity index (χ0n) is 48.4. The predicted molar refractivity (Wildman–Crippen MR) is 343 cm³/mol. The van der Waals surface area contributed by atoms with Gasteiger partial charge in [0.05, 0.1) is 60.2 Å². The number of sulfonamides is 2. The second-order valence-corrected chi connectivity index (χ2v) is 26.7. The number of carboxylic acids is 1. The van der Waals surface area contributed by atoms with Crippen molar-refractivity contribution < 1.29 is 85.3 Å². The first-order valence-electron chi connectivity index (χ1n) is 26.2. The van der Waals surface area contributed by atoms with Gasteiger partial charge in [-0.15, -0.1) is 0 Å². The van der Waals surface area contributed by atoms with Crippen molar-refractivity contribution in [1.29, 1.82) is 0 Å². The van der Waals surface area contributed by atoms with Crippen LogP contribution in [0.4, 0.5) is 43.4 Å². The van der Waals surface area contributed by atoms with E-state index in [4.69, 9.17) is 49.5 Å². The number of nitrogen functional groups attached to an aromatic ring is 1. The van der Waals surface area contributed by atoms with E-state index in [1.54, 1.807) is 36.5 Å². The first kappa shape index (κ1) is 76.2. The summed E-state index contributed by atoms with van der Waals surface area (Å²) in [6.07, 6.45) is 7.30. The number of hydrogen-bond donors (Lipinski definition) is 6. The molecular weight excluding hydrogens is 1340 g/mol. The average molecular weight is 1400 g/mol. The molecule has 4 heterocycles. The van der Waals surface area contributed by atoms with Crippen molar-refractivity contribution in [3.05, 3.63) is 195 Å². The summed E-state index contributed by atoms with van der Waals surface area (Å²) in [6, 6.07) is 25.7. The molecule has 0 saturated carbocycles. The summed E-state index contributed by atoms with van der Waals surface area (Å²) in [4.78, 5) is 49.2. The second-order valence-electron chi connectivity index (χ2n) is 19.2. The zero-order valence-corrected chi connectivity index (χ0v) is 53.1. The van der Waals surface area contributed by atoms with Crippen molar-refractivity contribution in [1.82, 2.24) is 19.9 Å². The molecule has 9 rings (SSSR count). The number of hydrogen-bond acceptors (Lipinski definition) is 15. The predicted octanol–water partition coefficient (Wildman–Crippen LogP) is 13.3. The normalized spacial score (nSPS) is 11.1. The number of nitrogens with two attached hydrogens (primary N) is 1. The number of fused-ring (bicyclic) bond motifs is 2. The number of aromatic carboxylic acids is 1. The SMILES string of the molecule is C.CC(C)CCS(=O)(=O)Cl.COC(=O)c1c(F)ccc(N)c1F.COCCS(=O)(=O)Nc1ccc(F)c(C(=O)O)c1F.COCCS(=O)(=O)Nc1ccc(F)c(C(=O)c2c[nH]c3ncc(-c4ccc(Cl)cc4)cc23)c1F.Clc1ccc(-c2cnc3[nH]ccc3c2)cc1. The Morgan fingerprint density at radius 2 is 1.08 bits per heavy atom. The lowest BCUT2D eigenvalue weighted by Crippen LogP contribution is -2.21. The van der Waals surface area contributed by atoms with Gasteiger partial charge in [-0.2, -0.15) is 0 Å². The number of nitrogens with one attached hydrogen (secondary N) is 4. The number of ketones is 1. The van der Waals surface area contributed by atoms with Gasteiger partial charge in [-0.3, -0.25) is 14.2 Å². The maximum atomic E-state index is 15.2. The lowest BCUT2D eigenvalue weighted by atomic mass is 10.00. The molecule has 0 bridgehead atoms. The van der Waals surface area contributed by atoms with Crippen LogP contribution in [0.3, 0.4) is 0 Å². The fourth-order valence-electron chi connectivity index (χ4n) is 7.59. The summed E-state index contributed by atoms with van der Waals surface area (Å²) in [5.41, 5.74) is 5.72. The van der Waals surface area contributed by atoms with Crippen LogP contribution in [0, 0.1) is 40.8 Å². The molecule has 0 aliphatic heterocycles. The zero-order chi connectivity index (χ0) is 67.5. The number of aromatic amines is 2. The number of methoxy groups -OCH3 is 3. The van der Waals surface area contributed by atoms with Gasteiger partial charge in [0.1, 0.15) is 39.9 Å². The van der Waals surface area contributed by atoms with Gasteiger partial charge in [0.2, 0.25) is 34.9 Å². The van der Waals surface area contributed by atoms with Crippen molar-refractivity contribution in [2.45, 2.75) is 27.7 Å². The molecule has 0 unspecified atom stereocenters. The first-order valence-corrected chi connectivity index (χ1v) is 32.7. The van der Waals surface area contributed by atoms with Crippen molar-refractivity contribution >= 4 is 120 Å². The molecule has 5 aromatic carbocycles. The third-order valence-electron chi connectivity index (χ3n) is 12.2. The highest BCUT2D eigenvalue weighted by Crippen LogP contribution is 2.31. The molecule has 20 nitrogen and oxygen atoms in total. The molecule has 0 radical (unpaired) electrons. The number of nitrogens with zero attached hydrogens (tertiary/aromatic N) is 2. The first-order chi connectivity index (χ1) is 42.8. The third kappa shape index (κ3) is 22.0. The number of rotatable bonds is 19. The minimum Gasteiger partial charge on any atom is -0.477 e. The summed E-state index contributed by atoms with van der Waals surface area (Å²) in [7, 11) is -2.54. The number of aromatic nitrogens is 4. The second kappa shape index (κ2) is 34.4. The van der Waals surface area contributed by atoms with Crippen molar-refractivity contribution in [2.24, 2.45) is 5.92 Å². The monoisotopic (exact) mass is 1400 g/mol. The Morgan fingerprint density at radius 3 is 1.54 bits per heavy atom. The smallest absolute Gasteiger partial charge is 0.343 e.